The summed E-state index contributed by atoms with van der Waals surface area (Å²) in [6.07, 6.45) is 0. The second kappa shape index (κ2) is 9.03. The molecule has 1 aromatic heterocycles. The molecule has 1 aliphatic rings. The molecule has 0 saturated carbocycles. The summed E-state index contributed by atoms with van der Waals surface area (Å²) in [5.74, 6) is 0.179. The van der Waals surface area contributed by atoms with Crippen molar-refractivity contribution in [2.45, 2.75) is 26.4 Å². The molecule has 1 fully saturated rings. The number of carbonyl (C=O) groups excluding carboxylic acids is 1. The average Bonchev–Trinajstić information content (AvgIpc) is 3.17. The van der Waals surface area contributed by atoms with Gasteiger partial charge in [-0.25, -0.2) is 4.98 Å². The fourth-order valence-corrected chi connectivity index (χ4v) is 4.95. The second-order valence-corrected chi connectivity index (χ2v) is 8.60. The fourth-order valence-electron chi connectivity index (χ4n) is 3.94. The molecule has 0 unspecified atom stereocenters. The number of piperazine rings is 1. The molecular weight excluding hydrogens is 380 g/mol. The highest BCUT2D eigenvalue weighted by Gasteiger charge is 2.29. The van der Waals surface area contributed by atoms with Crippen LogP contribution in [0, 0.1) is 0 Å². The SMILES string of the molecule is CCN(C(=O)[C@H](C)N1CCN(Cc2nc3ccccc3s2)CC1)c1ccccc1. The maximum Gasteiger partial charge on any atom is 0.244 e. The standard InChI is InChI=1S/C23H28N4OS/c1-3-27(19-9-5-4-6-10-19)23(28)18(2)26-15-13-25(14-16-26)17-22-24-20-11-7-8-12-21(20)29-22/h4-12,18H,3,13-17H2,1-2H3/t18-/m0/s1. The molecular formula is C23H28N4OS. The predicted molar refractivity (Wildman–Crippen MR) is 120 cm³/mol. The molecule has 6 heteroatoms. The third-order valence-electron chi connectivity index (χ3n) is 5.66. The molecule has 29 heavy (non-hydrogen) atoms. The number of thiazole rings is 1. The first-order valence-corrected chi connectivity index (χ1v) is 11.1. The number of rotatable bonds is 6. The number of para-hydroxylation sites is 2. The highest BCUT2D eigenvalue weighted by Crippen LogP contribution is 2.23. The number of hydrogen-bond donors (Lipinski definition) is 0. The zero-order valence-corrected chi connectivity index (χ0v) is 17.9. The van der Waals surface area contributed by atoms with Crippen molar-refractivity contribution in [3.8, 4) is 0 Å². The Morgan fingerprint density at radius 1 is 1.07 bits per heavy atom. The van der Waals surface area contributed by atoms with Gasteiger partial charge in [0, 0.05) is 38.4 Å². The van der Waals surface area contributed by atoms with Gasteiger partial charge in [-0.05, 0) is 38.1 Å². The summed E-state index contributed by atoms with van der Waals surface area (Å²) in [5.41, 5.74) is 2.06. The van der Waals surface area contributed by atoms with E-state index in [0.717, 1.165) is 43.9 Å². The average molecular weight is 409 g/mol. The lowest BCUT2D eigenvalue weighted by atomic mass is 10.2. The van der Waals surface area contributed by atoms with E-state index in [-0.39, 0.29) is 11.9 Å². The van der Waals surface area contributed by atoms with Crippen molar-refractivity contribution >= 4 is 33.1 Å². The predicted octanol–water partition coefficient (Wildman–Crippen LogP) is 3.86. The Hall–Kier alpha value is -2.28. The Labute approximate surface area is 176 Å². The summed E-state index contributed by atoms with van der Waals surface area (Å²) < 4.78 is 1.25. The molecule has 152 valence electrons. The largest absolute Gasteiger partial charge is 0.311 e. The van der Waals surface area contributed by atoms with Crippen molar-refractivity contribution in [2.75, 3.05) is 37.6 Å². The van der Waals surface area contributed by atoms with Gasteiger partial charge in [-0.2, -0.15) is 0 Å². The Morgan fingerprint density at radius 3 is 2.45 bits per heavy atom. The molecule has 3 aromatic rings. The number of aromatic nitrogens is 1. The Bertz CT molecular complexity index is 917. The molecule has 2 aromatic carbocycles. The summed E-state index contributed by atoms with van der Waals surface area (Å²) in [6, 6.07) is 18.2. The van der Waals surface area contributed by atoms with Gasteiger partial charge in [-0.3, -0.25) is 14.6 Å². The quantitative estimate of drug-likeness (QED) is 0.621. The fraction of sp³-hybridized carbons (Fsp3) is 0.391. The summed E-state index contributed by atoms with van der Waals surface area (Å²) in [6.45, 7) is 9.39. The molecule has 0 bridgehead atoms. The highest BCUT2D eigenvalue weighted by molar-refractivity contribution is 7.18. The normalized spacial score (nSPS) is 16.8. The maximum atomic E-state index is 13.1. The number of carbonyl (C=O) groups is 1. The van der Waals surface area contributed by atoms with Crippen LogP contribution in [0.4, 0.5) is 5.69 Å². The van der Waals surface area contributed by atoms with Crippen LogP contribution in [0.1, 0.15) is 18.9 Å². The minimum Gasteiger partial charge on any atom is -0.311 e. The molecule has 1 saturated heterocycles. The van der Waals surface area contributed by atoms with Crippen LogP contribution >= 0.6 is 11.3 Å². The number of likely N-dealkylation sites (N-methyl/N-ethyl adjacent to an activating group) is 1. The summed E-state index contributed by atoms with van der Waals surface area (Å²) in [7, 11) is 0. The van der Waals surface area contributed by atoms with Crippen molar-refractivity contribution in [3.05, 3.63) is 59.6 Å². The van der Waals surface area contributed by atoms with Gasteiger partial charge < -0.3 is 4.90 Å². The molecule has 1 atom stereocenters. The summed E-state index contributed by atoms with van der Waals surface area (Å²) in [4.78, 5) is 24.5. The van der Waals surface area contributed by atoms with E-state index in [0.29, 0.717) is 6.54 Å². The van der Waals surface area contributed by atoms with Crippen molar-refractivity contribution < 1.29 is 4.79 Å². The van der Waals surface area contributed by atoms with E-state index in [1.807, 2.05) is 55.1 Å². The zero-order valence-electron chi connectivity index (χ0n) is 17.1. The number of fused-ring (bicyclic) bond motifs is 1. The van der Waals surface area contributed by atoms with E-state index in [1.165, 1.54) is 9.71 Å². The topological polar surface area (TPSA) is 39.7 Å². The maximum absolute atomic E-state index is 13.1. The lowest BCUT2D eigenvalue weighted by molar-refractivity contribution is -0.124. The van der Waals surface area contributed by atoms with Crippen molar-refractivity contribution in [2.24, 2.45) is 0 Å². The summed E-state index contributed by atoms with van der Waals surface area (Å²) in [5, 5.41) is 1.17. The minimum absolute atomic E-state index is 0.111. The molecule has 1 aliphatic heterocycles. The van der Waals surface area contributed by atoms with Crippen LogP contribution in [0.25, 0.3) is 10.2 Å². The molecule has 5 nitrogen and oxygen atoms in total. The van der Waals surface area contributed by atoms with Crippen LogP contribution < -0.4 is 4.90 Å². The van der Waals surface area contributed by atoms with E-state index in [4.69, 9.17) is 4.98 Å². The first-order valence-electron chi connectivity index (χ1n) is 10.3. The highest BCUT2D eigenvalue weighted by atomic mass is 32.1. The van der Waals surface area contributed by atoms with Gasteiger partial charge in [0.05, 0.1) is 22.8 Å². The van der Waals surface area contributed by atoms with Gasteiger partial charge in [0.15, 0.2) is 0 Å². The van der Waals surface area contributed by atoms with Crippen LogP contribution in [-0.2, 0) is 11.3 Å². The number of hydrogen-bond acceptors (Lipinski definition) is 5. The Balaban J connectivity index is 1.34. The van der Waals surface area contributed by atoms with Gasteiger partial charge in [-0.15, -0.1) is 11.3 Å². The molecule has 0 radical (unpaired) electrons. The molecule has 4 rings (SSSR count). The van der Waals surface area contributed by atoms with E-state index in [1.54, 1.807) is 11.3 Å². The number of amides is 1. The van der Waals surface area contributed by atoms with Gasteiger partial charge in [0.25, 0.3) is 0 Å². The van der Waals surface area contributed by atoms with Crippen LogP contribution in [0.2, 0.25) is 0 Å². The number of benzene rings is 2. The molecule has 2 heterocycles. The van der Waals surface area contributed by atoms with Crippen LogP contribution in [0.5, 0.6) is 0 Å². The van der Waals surface area contributed by atoms with Gasteiger partial charge in [0.1, 0.15) is 5.01 Å². The monoisotopic (exact) mass is 408 g/mol. The van der Waals surface area contributed by atoms with Gasteiger partial charge in [-0.1, -0.05) is 30.3 Å². The van der Waals surface area contributed by atoms with E-state index >= 15 is 0 Å². The Morgan fingerprint density at radius 2 is 1.76 bits per heavy atom. The van der Waals surface area contributed by atoms with Crippen molar-refractivity contribution in [1.29, 1.82) is 0 Å². The van der Waals surface area contributed by atoms with Crippen LogP contribution in [0.15, 0.2) is 54.6 Å². The molecule has 0 N–H and O–H groups in total. The van der Waals surface area contributed by atoms with Gasteiger partial charge >= 0.3 is 0 Å². The molecule has 0 aliphatic carbocycles. The smallest absolute Gasteiger partial charge is 0.244 e. The lowest BCUT2D eigenvalue weighted by Crippen LogP contribution is -2.54. The first-order chi connectivity index (χ1) is 14.2. The number of anilines is 1. The van der Waals surface area contributed by atoms with Crippen LogP contribution in [0.3, 0.4) is 0 Å². The first kappa shape index (κ1) is 20.0. The van der Waals surface area contributed by atoms with Crippen molar-refractivity contribution in [3.63, 3.8) is 0 Å². The van der Waals surface area contributed by atoms with Crippen molar-refractivity contribution in [1.82, 2.24) is 14.8 Å². The van der Waals surface area contributed by atoms with Crippen LogP contribution in [-0.4, -0.2) is 59.5 Å². The summed E-state index contributed by atoms with van der Waals surface area (Å²) >= 11 is 1.78. The minimum atomic E-state index is -0.111. The second-order valence-electron chi connectivity index (χ2n) is 7.48. The Kier molecular flexibility index (Phi) is 6.23. The van der Waals surface area contributed by atoms with E-state index in [9.17, 15) is 4.79 Å². The van der Waals surface area contributed by atoms with E-state index < -0.39 is 0 Å². The van der Waals surface area contributed by atoms with E-state index in [2.05, 4.69) is 28.0 Å². The van der Waals surface area contributed by atoms with Gasteiger partial charge in [0.2, 0.25) is 5.91 Å². The number of nitrogens with zero attached hydrogens (tertiary/aromatic N) is 4. The zero-order chi connectivity index (χ0) is 20.2. The lowest BCUT2D eigenvalue weighted by Gasteiger charge is -2.38. The third-order valence-corrected chi connectivity index (χ3v) is 6.68. The third kappa shape index (κ3) is 4.50. The molecule has 1 amide bonds. The molecule has 0 spiro atoms.